The van der Waals surface area contributed by atoms with Crippen molar-refractivity contribution in [3.63, 3.8) is 0 Å². The number of rotatable bonds is 4. The molecule has 3 heterocycles. The van der Waals surface area contributed by atoms with Crippen molar-refractivity contribution in [1.29, 1.82) is 0 Å². The Bertz CT molecular complexity index is 1490. The van der Waals surface area contributed by atoms with Crippen LogP contribution in [-0.4, -0.2) is 40.2 Å². The molecule has 1 aliphatic rings. The van der Waals surface area contributed by atoms with Gasteiger partial charge in [-0.1, -0.05) is 59.6 Å². The zero-order valence-electron chi connectivity index (χ0n) is 20.5. The molecule has 0 aliphatic carbocycles. The molecular formula is C30H28ClN5. The van der Waals surface area contributed by atoms with Gasteiger partial charge in [-0.2, -0.15) is 0 Å². The minimum absolute atomic E-state index is 0.352. The van der Waals surface area contributed by atoms with E-state index < -0.39 is 0 Å². The highest BCUT2D eigenvalue weighted by molar-refractivity contribution is 6.30. The average molecular weight is 494 g/mol. The summed E-state index contributed by atoms with van der Waals surface area (Å²) in [6, 6.07) is 27.6. The second-order valence-corrected chi connectivity index (χ2v) is 9.91. The summed E-state index contributed by atoms with van der Waals surface area (Å²) in [4.78, 5) is 14.5. The third kappa shape index (κ3) is 4.10. The van der Waals surface area contributed by atoms with Gasteiger partial charge in [0, 0.05) is 53.8 Å². The monoisotopic (exact) mass is 493 g/mol. The van der Waals surface area contributed by atoms with Crippen LogP contribution < -0.4 is 9.80 Å². The Balaban J connectivity index is 1.43. The van der Waals surface area contributed by atoms with Gasteiger partial charge in [-0.25, -0.2) is 9.97 Å². The van der Waals surface area contributed by atoms with Crippen molar-refractivity contribution in [1.82, 2.24) is 14.5 Å². The smallest absolute Gasteiger partial charge is 0.150 e. The van der Waals surface area contributed by atoms with Gasteiger partial charge < -0.3 is 14.4 Å². The predicted octanol–water partition coefficient (Wildman–Crippen LogP) is 6.76. The third-order valence-corrected chi connectivity index (χ3v) is 7.30. The first kappa shape index (κ1) is 22.6. The van der Waals surface area contributed by atoms with Crippen LogP contribution in [0.5, 0.6) is 0 Å². The molecular weight excluding hydrogens is 466 g/mol. The van der Waals surface area contributed by atoms with Gasteiger partial charge in [0.2, 0.25) is 0 Å². The van der Waals surface area contributed by atoms with Crippen molar-refractivity contribution in [2.45, 2.75) is 19.9 Å². The fraction of sp³-hybridized carbons (Fsp3) is 0.200. The standard InChI is InChI=1S/C30H28ClN5/c1-21-8-12-25(13-9-21)35-17-16-34(18-22(35)2)29-28-27(23-6-4-3-5-7-23)19-36(30(28)33-20-32-29)26-14-10-24(31)11-15-26/h3-15,19-20,22H,16-18H2,1-2H3/t22-/m1/s1. The number of aromatic nitrogens is 3. The lowest BCUT2D eigenvalue weighted by atomic mass is 10.1. The van der Waals surface area contributed by atoms with E-state index in [1.54, 1.807) is 6.33 Å². The molecule has 1 fully saturated rings. The molecule has 5 aromatic rings. The van der Waals surface area contributed by atoms with E-state index in [1.807, 2.05) is 30.3 Å². The van der Waals surface area contributed by atoms with Crippen molar-refractivity contribution >= 4 is 34.1 Å². The van der Waals surface area contributed by atoms with E-state index in [-0.39, 0.29) is 0 Å². The van der Waals surface area contributed by atoms with E-state index in [0.29, 0.717) is 11.1 Å². The highest BCUT2D eigenvalue weighted by Gasteiger charge is 2.28. The molecule has 1 aliphatic heterocycles. The van der Waals surface area contributed by atoms with Crippen LogP contribution in [0.15, 0.2) is 91.4 Å². The summed E-state index contributed by atoms with van der Waals surface area (Å²) in [5.41, 5.74) is 6.76. The van der Waals surface area contributed by atoms with E-state index >= 15 is 0 Å². The molecule has 0 spiro atoms. The zero-order chi connectivity index (χ0) is 24.6. The van der Waals surface area contributed by atoms with Crippen molar-refractivity contribution in [2.75, 3.05) is 29.4 Å². The molecule has 0 amide bonds. The van der Waals surface area contributed by atoms with Gasteiger partial charge in [0.05, 0.1) is 5.39 Å². The number of nitrogens with zero attached hydrogens (tertiary/aromatic N) is 5. The largest absolute Gasteiger partial charge is 0.365 e. The maximum atomic E-state index is 6.18. The van der Waals surface area contributed by atoms with Crippen LogP contribution in [0, 0.1) is 6.92 Å². The van der Waals surface area contributed by atoms with E-state index in [0.717, 1.165) is 53.3 Å². The fourth-order valence-electron chi connectivity index (χ4n) is 5.19. The van der Waals surface area contributed by atoms with Gasteiger partial charge in [-0.3, -0.25) is 0 Å². The number of hydrogen-bond donors (Lipinski definition) is 0. The Hall–Kier alpha value is -3.83. The summed E-state index contributed by atoms with van der Waals surface area (Å²) in [5.74, 6) is 0.988. The minimum Gasteiger partial charge on any atom is -0.365 e. The molecule has 0 bridgehead atoms. The van der Waals surface area contributed by atoms with Crippen LogP contribution in [0.4, 0.5) is 11.5 Å². The number of anilines is 2. The van der Waals surface area contributed by atoms with Crippen molar-refractivity contribution in [2.24, 2.45) is 0 Å². The second kappa shape index (κ2) is 9.32. The number of fused-ring (bicyclic) bond motifs is 1. The molecule has 0 radical (unpaired) electrons. The van der Waals surface area contributed by atoms with Gasteiger partial charge in [0.15, 0.2) is 5.65 Å². The lowest BCUT2D eigenvalue weighted by Gasteiger charge is -2.42. The first-order valence-corrected chi connectivity index (χ1v) is 12.7. The molecule has 180 valence electrons. The fourth-order valence-corrected chi connectivity index (χ4v) is 5.32. The van der Waals surface area contributed by atoms with Gasteiger partial charge in [-0.05, 0) is 55.8 Å². The van der Waals surface area contributed by atoms with E-state index in [1.165, 1.54) is 11.3 Å². The number of hydrogen-bond acceptors (Lipinski definition) is 4. The molecule has 0 N–H and O–H groups in total. The molecule has 1 atom stereocenters. The Morgan fingerprint density at radius 1 is 0.833 bits per heavy atom. The number of aryl methyl sites for hydroxylation is 1. The average Bonchev–Trinajstić information content (AvgIpc) is 3.30. The van der Waals surface area contributed by atoms with Crippen LogP contribution in [0.3, 0.4) is 0 Å². The molecule has 5 nitrogen and oxygen atoms in total. The Morgan fingerprint density at radius 3 is 2.28 bits per heavy atom. The summed E-state index contributed by atoms with van der Waals surface area (Å²) in [6.07, 6.45) is 3.86. The Morgan fingerprint density at radius 2 is 1.56 bits per heavy atom. The van der Waals surface area contributed by atoms with E-state index in [2.05, 4.69) is 82.9 Å². The summed E-state index contributed by atoms with van der Waals surface area (Å²) >= 11 is 6.18. The predicted molar refractivity (Wildman–Crippen MR) is 150 cm³/mol. The molecule has 0 saturated carbocycles. The molecule has 6 heteroatoms. The SMILES string of the molecule is Cc1ccc(N2CCN(c3ncnc4c3c(-c3ccccc3)cn4-c3ccc(Cl)cc3)C[C@H]2C)cc1. The van der Waals surface area contributed by atoms with Crippen molar-refractivity contribution in [3.05, 3.63) is 102 Å². The van der Waals surface area contributed by atoms with Crippen LogP contribution in [-0.2, 0) is 0 Å². The normalized spacial score (nSPS) is 16.0. The lowest BCUT2D eigenvalue weighted by Crippen LogP contribution is -2.52. The Labute approximate surface area is 216 Å². The summed E-state index contributed by atoms with van der Waals surface area (Å²) in [7, 11) is 0. The molecule has 1 saturated heterocycles. The van der Waals surface area contributed by atoms with Crippen LogP contribution in [0.1, 0.15) is 12.5 Å². The van der Waals surface area contributed by atoms with Crippen LogP contribution in [0.2, 0.25) is 5.02 Å². The number of halogens is 1. The molecule has 6 rings (SSSR count). The third-order valence-electron chi connectivity index (χ3n) is 7.05. The first-order chi connectivity index (χ1) is 17.6. The Kier molecular flexibility index (Phi) is 5.86. The van der Waals surface area contributed by atoms with Crippen LogP contribution in [0.25, 0.3) is 27.8 Å². The van der Waals surface area contributed by atoms with E-state index in [9.17, 15) is 0 Å². The number of piperazine rings is 1. The quantitative estimate of drug-likeness (QED) is 0.277. The molecule has 36 heavy (non-hydrogen) atoms. The van der Waals surface area contributed by atoms with Crippen LogP contribution >= 0.6 is 11.6 Å². The van der Waals surface area contributed by atoms with Gasteiger partial charge >= 0.3 is 0 Å². The second-order valence-electron chi connectivity index (χ2n) is 9.48. The maximum absolute atomic E-state index is 6.18. The van der Waals surface area contributed by atoms with E-state index in [4.69, 9.17) is 21.6 Å². The van der Waals surface area contributed by atoms with Gasteiger partial charge in [0.25, 0.3) is 0 Å². The molecule has 3 aromatic carbocycles. The van der Waals surface area contributed by atoms with Gasteiger partial charge in [0.1, 0.15) is 12.1 Å². The van der Waals surface area contributed by atoms with Gasteiger partial charge in [-0.15, -0.1) is 0 Å². The topological polar surface area (TPSA) is 37.2 Å². The highest BCUT2D eigenvalue weighted by Crippen LogP contribution is 2.37. The van der Waals surface area contributed by atoms with Crippen molar-refractivity contribution < 1.29 is 0 Å². The van der Waals surface area contributed by atoms with Crippen molar-refractivity contribution in [3.8, 4) is 16.8 Å². The zero-order valence-corrected chi connectivity index (χ0v) is 21.2. The highest BCUT2D eigenvalue weighted by atomic mass is 35.5. The minimum atomic E-state index is 0.352. The summed E-state index contributed by atoms with van der Waals surface area (Å²) in [6.45, 7) is 7.15. The lowest BCUT2D eigenvalue weighted by molar-refractivity contribution is 0.548. The summed E-state index contributed by atoms with van der Waals surface area (Å²) < 4.78 is 2.14. The molecule has 2 aromatic heterocycles. The first-order valence-electron chi connectivity index (χ1n) is 12.3. The number of benzene rings is 3. The molecule has 0 unspecified atom stereocenters. The maximum Gasteiger partial charge on any atom is 0.150 e. The summed E-state index contributed by atoms with van der Waals surface area (Å²) in [5, 5.41) is 1.80.